The SMILES string of the molecule is CC(=O)[C@@H](C)CCCNC(=O)OCC1c2ccccc2-c2ccccc21. The first-order valence-electron chi connectivity index (χ1n) is 9.17. The quantitative estimate of drug-likeness (QED) is 0.746. The Morgan fingerprint density at radius 2 is 1.62 bits per heavy atom. The highest BCUT2D eigenvalue weighted by atomic mass is 16.5. The molecular formula is C22H25NO3. The number of fused-ring (bicyclic) bond motifs is 3. The fourth-order valence-corrected chi connectivity index (χ4v) is 3.45. The Bertz CT molecular complexity index is 754. The molecule has 1 aliphatic rings. The van der Waals surface area contributed by atoms with Crippen molar-refractivity contribution in [2.24, 2.45) is 5.92 Å². The fraction of sp³-hybridized carbons (Fsp3) is 0.364. The Labute approximate surface area is 154 Å². The Balaban J connectivity index is 1.53. The zero-order valence-electron chi connectivity index (χ0n) is 15.3. The largest absolute Gasteiger partial charge is 0.449 e. The lowest BCUT2D eigenvalue weighted by atomic mass is 9.98. The van der Waals surface area contributed by atoms with E-state index in [1.54, 1.807) is 6.92 Å². The number of hydrogen-bond donors (Lipinski definition) is 1. The van der Waals surface area contributed by atoms with Crippen LogP contribution in [0.2, 0.25) is 0 Å². The molecule has 4 heteroatoms. The molecule has 1 N–H and O–H groups in total. The van der Waals surface area contributed by atoms with Crippen LogP contribution >= 0.6 is 0 Å². The lowest BCUT2D eigenvalue weighted by Crippen LogP contribution is -2.27. The second-order valence-electron chi connectivity index (χ2n) is 6.91. The number of carbonyl (C=O) groups excluding carboxylic acids is 2. The van der Waals surface area contributed by atoms with Gasteiger partial charge in [-0.3, -0.25) is 4.79 Å². The van der Waals surface area contributed by atoms with Crippen LogP contribution in [0.15, 0.2) is 48.5 Å². The van der Waals surface area contributed by atoms with Crippen molar-refractivity contribution >= 4 is 11.9 Å². The summed E-state index contributed by atoms with van der Waals surface area (Å²) in [6, 6.07) is 16.5. The standard InChI is InChI=1S/C22H25NO3/c1-15(16(2)24)8-7-13-23-22(25)26-14-21-19-11-5-3-9-17(19)18-10-4-6-12-20(18)21/h3-6,9-12,15,21H,7-8,13-14H2,1-2H3,(H,23,25)/t15-/m0/s1. The molecule has 1 aliphatic carbocycles. The second kappa shape index (κ2) is 8.17. The first-order chi connectivity index (χ1) is 12.6. The molecule has 0 aromatic heterocycles. The Kier molecular flexibility index (Phi) is 5.71. The highest BCUT2D eigenvalue weighted by Gasteiger charge is 2.28. The first kappa shape index (κ1) is 18.2. The average Bonchev–Trinajstić information content (AvgIpc) is 2.97. The summed E-state index contributed by atoms with van der Waals surface area (Å²) in [6.07, 6.45) is 1.14. The summed E-state index contributed by atoms with van der Waals surface area (Å²) >= 11 is 0. The van der Waals surface area contributed by atoms with Crippen LogP contribution in [0.3, 0.4) is 0 Å². The molecule has 0 heterocycles. The monoisotopic (exact) mass is 351 g/mol. The molecule has 1 atom stereocenters. The summed E-state index contributed by atoms with van der Waals surface area (Å²) < 4.78 is 5.48. The number of hydrogen-bond acceptors (Lipinski definition) is 3. The van der Waals surface area contributed by atoms with Crippen LogP contribution < -0.4 is 5.32 Å². The number of alkyl carbamates (subject to hydrolysis) is 1. The minimum Gasteiger partial charge on any atom is -0.449 e. The number of amides is 1. The average molecular weight is 351 g/mol. The highest BCUT2D eigenvalue weighted by molar-refractivity contribution is 5.79. The van der Waals surface area contributed by atoms with Gasteiger partial charge in [-0.25, -0.2) is 4.79 Å². The van der Waals surface area contributed by atoms with Gasteiger partial charge in [0.05, 0.1) is 0 Å². The van der Waals surface area contributed by atoms with Crippen molar-refractivity contribution in [1.82, 2.24) is 5.32 Å². The molecule has 0 bridgehead atoms. The van der Waals surface area contributed by atoms with E-state index in [-0.39, 0.29) is 17.6 Å². The molecule has 2 aromatic rings. The van der Waals surface area contributed by atoms with Crippen molar-refractivity contribution in [3.63, 3.8) is 0 Å². The second-order valence-corrected chi connectivity index (χ2v) is 6.91. The van der Waals surface area contributed by atoms with Gasteiger partial charge in [0.25, 0.3) is 0 Å². The minimum absolute atomic E-state index is 0.0410. The summed E-state index contributed by atoms with van der Waals surface area (Å²) in [5.41, 5.74) is 4.85. The van der Waals surface area contributed by atoms with Crippen molar-refractivity contribution in [3.8, 4) is 11.1 Å². The Morgan fingerprint density at radius 1 is 1.04 bits per heavy atom. The third-order valence-corrected chi connectivity index (χ3v) is 5.12. The molecule has 1 amide bonds. The predicted molar refractivity (Wildman–Crippen MR) is 102 cm³/mol. The van der Waals surface area contributed by atoms with Crippen molar-refractivity contribution < 1.29 is 14.3 Å². The van der Waals surface area contributed by atoms with Crippen molar-refractivity contribution in [2.45, 2.75) is 32.6 Å². The van der Waals surface area contributed by atoms with E-state index in [4.69, 9.17) is 4.74 Å². The zero-order chi connectivity index (χ0) is 18.5. The fourth-order valence-electron chi connectivity index (χ4n) is 3.45. The third-order valence-electron chi connectivity index (χ3n) is 5.12. The van der Waals surface area contributed by atoms with Gasteiger partial charge < -0.3 is 10.1 Å². The van der Waals surface area contributed by atoms with Gasteiger partial charge in [-0.05, 0) is 42.0 Å². The van der Waals surface area contributed by atoms with Crippen LogP contribution in [0.25, 0.3) is 11.1 Å². The lowest BCUT2D eigenvalue weighted by molar-refractivity contribution is -0.120. The van der Waals surface area contributed by atoms with Gasteiger partial charge in [0.1, 0.15) is 12.4 Å². The summed E-state index contributed by atoms with van der Waals surface area (Å²) in [5, 5.41) is 2.78. The molecule has 3 rings (SSSR count). The van der Waals surface area contributed by atoms with E-state index in [9.17, 15) is 9.59 Å². The van der Waals surface area contributed by atoms with Crippen LogP contribution in [0.1, 0.15) is 43.7 Å². The number of carbonyl (C=O) groups is 2. The normalized spacial score (nSPS) is 13.6. The molecule has 26 heavy (non-hydrogen) atoms. The van der Waals surface area contributed by atoms with Gasteiger partial charge in [-0.15, -0.1) is 0 Å². The van der Waals surface area contributed by atoms with E-state index in [1.807, 2.05) is 31.2 Å². The minimum atomic E-state index is -0.401. The van der Waals surface area contributed by atoms with Gasteiger partial charge in [0, 0.05) is 18.4 Å². The van der Waals surface area contributed by atoms with Gasteiger partial charge in [-0.2, -0.15) is 0 Å². The van der Waals surface area contributed by atoms with Crippen LogP contribution in [0, 0.1) is 5.92 Å². The van der Waals surface area contributed by atoms with Crippen molar-refractivity contribution in [3.05, 3.63) is 59.7 Å². The highest BCUT2D eigenvalue weighted by Crippen LogP contribution is 2.44. The number of ether oxygens (including phenoxy) is 1. The molecule has 0 fully saturated rings. The molecule has 0 radical (unpaired) electrons. The van der Waals surface area contributed by atoms with Crippen LogP contribution in [0.5, 0.6) is 0 Å². The van der Waals surface area contributed by atoms with Crippen molar-refractivity contribution in [1.29, 1.82) is 0 Å². The van der Waals surface area contributed by atoms with Gasteiger partial charge in [-0.1, -0.05) is 55.5 Å². The van der Waals surface area contributed by atoms with Gasteiger partial charge in [0.15, 0.2) is 0 Å². The van der Waals surface area contributed by atoms with Crippen LogP contribution in [0.4, 0.5) is 4.79 Å². The Hall–Kier alpha value is -2.62. The molecule has 0 spiro atoms. The maximum Gasteiger partial charge on any atom is 0.407 e. The van der Waals surface area contributed by atoms with Gasteiger partial charge >= 0.3 is 6.09 Å². The van der Waals surface area contributed by atoms with Crippen LogP contribution in [-0.2, 0) is 9.53 Å². The molecule has 136 valence electrons. The third kappa shape index (κ3) is 3.96. The molecule has 0 aliphatic heterocycles. The summed E-state index contributed by atoms with van der Waals surface area (Å²) in [6.45, 7) is 4.36. The summed E-state index contributed by atoms with van der Waals surface area (Å²) in [4.78, 5) is 23.2. The van der Waals surface area contributed by atoms with E-state index in [0.29, 0.717) is 13.2 Å². The molecule has 4 nitrogen and oxygen atoms in total. The molecule has 2 aromatic carbocycles. The smallest absolute Gasteiger partial charge is 0.407 e. The summed E-state index contributed by atoms with van der Waals surface area (Å²) in [7, 11) is 0. The molecule has 0 unspecified atom stereocenters. The maximum absolute atomic E-state index is 12.0. The molecular weight excluding hydrogens is 326 g/mol. The van der Waals surface area contributed by atoms with Gasteiger partial charge in [0.2, 0.25) is 0 Å². The zero-order valence-corrected chi connectivity index (χ0v) is 15.3. The van der Waals surface area contributed by atoms with E-state index in [2.05, 4.69) is 29.6 Å². The van der Waals surface area contributed by atoms with E-state index in [0.717, 1.165) is 12.8 Å². The predicted octanol–water partition coefficient (Wildman–Crippen LogP) is 4.53. The maximum atomic E-state index is 12.0. The van der Waals surface area contributed by atoms with E-state index in [1.165, 1.54) is 22.3 Å². The van der Waals surface area contributed by atoms with E-state index >= 15 is 0 Å². The van der Waals surface area contributed by atoms with Crippen LogP contribution in [-0.4, -0.2) is 25.0 Å². The molecule has 0 saturated heterocycles. The first-order valence-corrected chi connectivity index (χ1v) is 9.17. The van der Waals surface area contributed by atoms with Crippen molar-refractivity contribution in [2.75, 3.05) is 13.2 Å². The number of rotatable bonds is 7. The Morgan fingerprint density at radius 3 is 2.19 bits per heavy atom. The number of nitrogens with one attached hydrogen (secondary N) is 1. The lowest BCUT2D eigenvalue weighted by Gasteiger charge is -2.14. The summed E-state index contributed by atoms with van der Waals surface area (Å²) in [5.74, 6) is 0.302. The molecule has 0 saturated carbocycles. The topological polar surface area (TPSA) is 55.4 Å². The van der Waals surface area contributed by atoms with E-state index < -0.39 is 6.09 Å². The number of ketones is 1. The number of benzene rings is 2. The number of Topliss-reactive ketones (excluding diaryl/α,β-unsaturated/α-hetero) is 1.